The smallest absolute Gasteiger partial charge is 0.126 e. The van der Waals surface area contributed by atoms with Gasteiger partial charge in [-0.05, 0) is 26.7 Å². The first-order valence-electron chi connectivity index (χ1n) is 4.98. The molecular formula is C10H19N3. The van der Waals surface area contributed by atoms with E-state index in [1.807, 2.05) is 10.9 Å². The molecule has 1 aromatic heterocycles. The van der Waals surface area contributed by atoms with Crippen LogP contribution in [0.5, 0.6) is 0 Å². The molecular weight excluding hydrogens is 162 g/mol. The molecule has 1 aromatic rings. The fourth-order valence-electron chi connectivity index (χ4n) is 1.36. The molecule has 13 heavy (non-hydrogen) atoms. The number of nitrogens with two attached hydrogens (primary N) is 1. The van der Waals surface area contributed by atoms with E-state index < -0.39 is 0 Å². The lowest BCUT2D eigenvalue weighted by atomic mass is 10.2. The van der Waals surface area contributed by atoms with Crippen LogP contribution in [0, 0.1) is 0 Å². The zero-order chi connectivity index (χ0) is 9.84. The Kier molecular flexibility index (Phi) is 3.34. The Morgan fingerprint density at radius 3 is 2.69 bits per heavy atom. The van der Waals surface area contributed by atoms with E-state index in [2.05, 4.69) is 25.8 Å². The summed E-state index contributed by atoms with van der Waals surface area (Å²) >= 11 is 0. The first-order chi connectivity index (χ1) is 6.16. The third-order valence-electron chi connectivity index (χ3n) is 2.24. The minimum absolute atomic E-state index is 0.405. The zero-order valence-electron chi connectivity index (χ0n) is 8.75. The lowest BCUT2D eigenvalue weighted by Gasteiger charge is -2.08. The highest BCUT2D eigenvalue weighted by atomic mass is 15.1. The van der Waals surface area contributed by atoms with Gasteiger partial charge in [-0.2, -0.15) is 0 Å². The highest BCUT2D eigenvalue weighted by Gasteiger charge is 2.08. The van der Waals surface area contributed by atoms with Gasteiger partial charge in [-0.3, -0.25) is 0 Å². The minimum atomic E-state index is 0.405. The molecule has 1 heterocycles. The molecule has 0 bridgehead atoms. The molecule has 0 spiro atoms. The number of aryl methyl sites for hydroxylation is 1. The number of aromatic nitrogens is 2. The third kappa shape index (κ3) is 2.23. The molecule has 3 heteroatoms. The van der Waals surface area contributed by atoms with Crippen molar-refractivity contribution in [3.8, 4) is 0 Å². The van der Waals surface area contributed by atoms with Gasteiger partial charge in [0.2, 0.25) is 0 Å². The second-order valence-electron chi connectivity index (χ2n) is 3.68. The second-order valence-corrected chi connectivity index (χ2v) is 3.68. The number of imidazole rings is 1. The fourth-order valence-corrected chi connectivity index (χ4v) is 1.36. The van der Waals surface area contributed by atoms with E-state index in [1.165, 1.54) is 12.8 Å². The van der Waals surface area contributed by atoms with Gasteiger partial charge in [-0.25, -0.2) is 4.98 Å². The predicted octanol–water partition coefficient (Wildman–Crippen LogP) is 2.39. The summed E-state index contributed by atoms with van der Waals surface area (Å²) in [4.78, 5) is 4.31. The molecule has 0 aliphatic carbocycles. The largest absolute Gasteiger partial charge is 0.384 e. The summed E-state index contributed by atoms with van der Waals surface area (Å²) in [5, 5.41) is 0. The van der Waals surface area contributed by atoms with E-state index in [4.69, 9.17) is 5.73 Å². The van der Waals surface area contributed by atoms with Crippen LogP contribution in [-0.4, -0.2) is 9.55 Å². The van der Waals surface area contributed by atoms with Crippen LogP contribution in [0.1, 0.15) is 45.3 Å². The molecule has 0 unspecified atom stereocenters. The molecule has 0 aliphatic rings. The molecule has 3 nitrogen and oxygen atoms in total. The topological polar surface area (TPSA) is 43.8 Å². The Balaban J connectivity index is 2.74. The summed E-state index contributed by atoms with van der Waals surface area (Å²) in [6.07, 6.45) is 5.19. The van der Waals surface area contributed by atoms with E-state index in [9.17, 15) is 0 Å². The van der Waals surface area contributed by atoms with E-state index in [0.29, 0.717) is 6.04 Å². The molecule has 0 fully saturated rings. The Labute approximate surface area is 80.0 Å². The van der Waals surface area contributed by atoms with Crippen LogP contribution in [0.4, 0.5) is 5.82 Å². The quantitative estimate of drug-likeness (QED) is 0.775. The Hall–Kier alpha value is -0.990. The number of hydrogen-bond acceptors (Lipinski definition) is 2. The zero-order valence-corrected chi connectivity index (χ0v) is 8.75. The Morgan fingerprint density at radius 2 is 2.23 bits per heavy atom. The normalized spacial score (nSPS) is 11.1. The summed E-state index contributed by atoms with van der Waals surface area (Å²) in [7, 11) is 0. The lowest BCUT2D eigenvalue weighted by Crippen LogP contribution is -2.05. The van der Waals surface area contributed by atoms with E-state index in [-0.39, 0.29) is 0 Å². The summed E-state index contributed by atoms with van der Waals surface area (Å²) in [6, 6.07) is 0.405. The average molecular weight is 181 g/mol. The summed E-state index contributed by atoms with van der Waals surface area (Å²) in [5.74, 6) is 0.837. The van der Waals surface area contributed by atoms with Crippen LogP contribution in [-0.2, 0) is 6.42 Å². The fraction of sp³-hybridized carbons (Fsp3) is 0.700. The highest BCUT2D eigenvalue weighted by molar-refractivity contribution is 5.36. The van der Waals surface area contributed by atoms with Crippen molar-refractivity contribution < 1.29 is 0 Å². The maximum atomic E-state index is 5.95. The van der Waals surface area contributed by atoms with Crippen molar-refractivity contribution in [3.63, 3.8) is 0 Å². The maximum absolute atomic E-state index is 5.95. The number of unbranched alkanes of at least 4 members (excludes halogenated alkanes) is 1. The summed E-state index contributed by atoms with van der Waals surface area (Å²) in [6.45, 7) is 6.40. The van der Waals surface area contributed by atoms with Gasteiger partial charge in [0.25, 0.3) is 0 Å². The van der Waals surface area contributed by atoms with Crippen LogP contribution < -0.4 is 5.73 Å². The predicted molar refractivity (Wildman–Crippen MR) is 55.6 cm³/mol. The number of hydrogen-bond donors (Lipinski definition) is 1. The summed E-state index contributed by atoms with van der Waals surface area (Å²) < 4.78 is 2.02. The molecule has 0 saturated heterocycles. The van der Waals surface area contributed by atoms with Crippen LogP contribution in [0.2, 0.25) is 0 Å². The molecule has 0 saturated carbocycles. The van der Waals surface area contributed by atoms with Crippen LogP contribution in [0.3, 0.4) is 0 Å². The maximum Gasteiger partial charge on any atom is 0.126 e. The van der Waals surface area contributed by atoms with Crippen LogP contribution in [0.25, 0.3) is 0 Å². The molecule has 2 N–H and O–H groups in total. The standard InChI is InChI=1S/C10H19N3/c1-4-5-6-9-10(11)13(7-12-9)8(2)3/h7-8H,4-6,11H2,1-3H3. The second kappa shape index (κ2) is 4.30. The number of nitrogens with zero attached hydrogens (tertiary/aromatic N) is 2. The van der Waals surface area contributed by atoms with E-state index in [1.54, 1.807) is 0 Å². The molecule has 1 rings (SSSR count). The molecule has 0 aromatic carbocycles. The molecule has 0 aliphatic heterocycles. The van der Waals surface area contributed by atoms with Gasteiger partial charge in [0.1, 0.15) is 5.82 Å². The van der Waals surface area contributed by atoms with Gasteiger partial charge < -0.3 is 10.3 Å². The van der Waals surface area contributed by atoms with Crippen molar-refractivity contribution in [2.24, 2.45) is 0 Å². The molecule has 0 amide bonds. The molecule has 0 radical (unpaired) electrons. The lowest BCUT2D eigenvalue weighted by molar-refractivity contribution is 0.607. The minimum Gasteiger partial charge on any atom is -0.384 e. The van der Waals surface area contributed by atoms with Gasteiger partial charge >= 0.3 is 0 Å². The monoisotopic (exact) mass is 181 g/mol. The summed E-state index contributed by atoms with van der Waals surface area (Å²) in [5.41, 5.74) is 7.00. The van der Waals surface area contributed by atoms with Crippen LogP contribution in [0.15, 0.2) is 6.33 Å². The van der Waals surface area contributed by atoms with Gasteiger partial charge in [0.15, 0.2) is 0 Å². The van der Waals surface area contributed by atoms with Crippen molar-refractivity contribution in [2.45, 2.75) is 46.1 Å². The van der Waals surface area contributed by atoms with Gasteiger partial charge in [-0.15, -0.1) is 0 Å². The highest BCUT2D eigenvalue weighted by Crippen LogP contribution is 2.17. The van der Waals surface area contributed by atoms with Crippen molar-refractivity contribution in [1.29, 1.82) is 0 Å². The van der Waals surface area contributed by atoms with Crippen LogP contribution >= 0.6 is 0 Å². The van der Waals surface area contributed by atoms with E-state index >= 15 is 0 Å². The van der Waals surface area contributed by atoms with Gasteiger partial charge in [-0.1, -0.05) is 13.3 Å². The van der Waals surface area contributed by atoms with Crippen molar-refractivity contribution in [3.05, 3.63) is 12.0 Å². The SMILES string of the molecule is CCCCc1ncn(C(C)C)c1N. The van der Waals surface area contributed by atoms with Crippen molar-refractivity contribution >= 4 is 5.82 Å². The van der Waals surface area contributed by atoms with E-state index in [0.717, 1.165) is 17.9 Å². The molecule has 0 atom stereocenters. The van der Waals surface area contributed by atoms with Gasteiger partial charge in [0.05, 0.1) is 12.0 Å². The average Bonchev–Trinajstić information content (AvgIpc) is 2.43. The Morgan fingerprint density at radius 1 is 1.54 bits per heavy atom. The number of anilines is 1. The first-order valence-corrected chi connectivity index (χ1v) is 4.98. The van der Waals surface area contributed by atoms with Crippen molar-refractivity contribution in [1.82, 2.24) is 9.55 Å². The number of nitrogen functional groups attached to an aromatic ring is 1. The third-order valence-corrected chi connectivity index (χ3v) is 2.24. The van der Waals surface area contributed by atoms with Crippen molar-refractivity contribution in [2.75, 3.05) is 5.73 Å². The van der Waals surface area contributed by atoms with Gasteiger partial charge in [0, 0.05) is 6.04 Å². The first kappa shape index (κ1) is 10.1. The Bertz CT molecular complexity index is 263. The number of rotatable bonds is 4. The molecule has 74 valence electrons.